The van der Waals surface area contributed by atoms with E-state index in [-0.39, 0.29) is 17.8 Å². The van der Waals surface area contributed by atoms with E-state index in [2.05, 4.69) is 21.2 Å². The van der Waals surface area contributed by atoms with Gasteiger partial charge in [-0.05, 0) is 49.2 Å². The molecule has 0 radical (unpaired) electrons. The molecule has 5 heteroatoms. The van der Waals surface area contributed by atoms with Crippen molar-refractivity contribution in [2.75, 3.05) is 0 Å². The Balaban J connectivity index is 2.01. The van der Waals surface area contributed by atoms with Gasteiger partial charge < -0.3 is 5.32 Å². The third-order valence-electron chi connectivity index (χ3n) is 3.01. The number of halogens is 3. The van der Waals surface area contributed by atoms with E-state index in [1.54, 1.807) is 30.3 Å². The summed E-state index contributed by atoms with van der Waals surface area (Å²) in [5, 5.41) is 3.30. The minimum atomic E-state index is -0.267. The average molecular weight is 371 g/mol. The van der Waals surface area contributed by atoms with E-state index in [9.17, 15) is 9.18 Å². The highest BCUT2D eigenvalue weighted by molar-refractivity contribution is 9.10. The van der Waals surface area contributed by atoms with E-state index in [0.29, 0.717) is 17.0 Å². The highest BCUT2D eigenvalue weighted by Crippen LogP contribution is 2.21. The Morgan fingerprint density at radius 1 is 1.29 bits per heavy atom. The molecule has 2 aromatic carbocycles. The Labute approximate surface area is 136 Å². The third kappa shape index (κ3) is 4.55. The first-order chi connectivity index (χ1) is 9.95. The first kappa shape index (κ1) is 16.0. The second-order valence-electron chi connectivity index (χ2n) is 4.83. The Kier molecular flexibility index (Phi) is 5.37. The van der Waals surface area contributed by atoms with E-state index in [0.717, 1.165) is 10.0 Å². The summed E-state index contributed by atoms with van der Waals surface area (Å²) in [6, 6.07) is 11.3. The fraction of sp³-hybridized carbons (Fsp3) is 0.188. The van der Waals surface area contributed by atoms with Crippen LogP contribution in [0.3, 0.4) is 0 Å². The van der Waals surface area contributed by atoms with Gasteiger partial charge in [-0.25, -0.2) is 4.39 Å². The van der Waals surface area contributed by atoms with Crippen LogP contribution in [-0.4, -0.2) is 11.9 Å². The molecular weight excluding hydrogens is 357 g/mol. The second-order valence-corrected chi connectivity index (χ2v) is 6.15. The van der Waals surface area contributed by atoms with Gasteiger partial charge in [0.25, 0.3) is 5.91 Å². The van der Waals surface area contributed by atoms with Crippen LogP contribution >= 0.6 is 27.5 Å². The van der Waals surface area contributed by atoms with E-state index in [1.807, 2.05) is 6.92 Å². The van der Waals surface area contributed by atoms with Crippen LogP contribution in [-0.2, 0) is 6.42 Å². The van der Waals surface area contributed by atoms with E-state index < -0.39 is 0 Å². The van der Waals surface area contributed by atoms with Crippen LogP contribution < -0.4 is 5.32 Å². The topological polar surface area (TPSA) is 29.1 Å². The number of carbonyl (C=O) groups is 1. The molecule has 0 spiro atoms. The summed E-state index contributed by atoms with van der Waals surface area (Å²) in [6.07, 6.45) is 0.623. The first-order valence-electron chi connectivity index (χ1n) is 6.46. The predicted octanol–water partition coefficient (Wildman–Crippen LogP) is 4.60. The summed E-state index contributed by atoms with van der Waals surface area (Å²) in [4.78, 5) is 12.2. The number of benzene rings is 2. The lowest BCUT2D eigenvalue weighted by atomic mass is 10.1. The molecule has 0 aromatic heterocycles. The molecule has 2 nitrogen and oxygen atoms in total. The van der Waals surface area contributed by atoms with Gasteiger partial charge in [0, 0.05) is 10.5 Å². The SMILES string of the molecule is CC(Cc1ccc(F)cc1)NC(=O)c1cc(Br)ccc1Cl. The van der Waals surface area contributed by atoms with Gasteiger partial charge in [-0.1, -0.05) is 39.7 Å². The number of nitrogens with one attached hydrogen (secondary N) is 1. The summed E-state index contributed by atoms with van der Waals surface area (Å²) in [5.41, 5.74) is 1.39. The molecule has 0 saturated carbocycles. The normalized spacial score (nSPS) is 12.0. The molecule has 0 aliphatic heterocycles. The van der Waals surface area contributed by atoms with Crippen molar-refractivity contribution in [3.8, 4) is 0 Å². The lowest BCUT2D eigenvalue weighted by molar-refractivity contribution is 0.0940. The molecule has 0 heterocycles. The van der Waals surface area contributed by atoms with Crippen molar-refractivity contribution < 1.29 is 9.18 Å². The number of amides is 1. The number of rotatable bonds is 4. The lowest BCUT2D eigenvalue weighted by Gasteiger charge is -2.15. The maximum atomic E-state index is 12.8. The highest BCUT2D eigenvalue weighted by atomic mass is 79.9. The average Bonchev–Trinajstić information content (AvgIpc) is 2.44. The monoisotopic (exact) mass is 369 g/mol. The van der Waals surface area contributed by atoms with Crippen LogP contribution in [0.4, 0.5) is 4.39 Å². The van der Waals surface area contributed by atoms with Crippen molar-refractivity contribution in [2.24, 2.45) is 0 Å². The molecule has 1 N–H and O–H groups in total. The summed E-state index contributed by atoms with van der Waals surface area (Å²) >= 11 is 9.35. The maximum absolute atomic E-state index is 12.8. The van der Waals surface area contributed by atoms with Gasteiger partial charge in [0.1, 0.15) is 5.82 Å². The minimum absolute atomic E-state index is 0.0852. The molecule has 0 fully saturated rings. The number of hydrogen-bond donors (Lipinski definition) is 1. The summed E-state index contributed by atoms with van der Waals surface area (Å²) in [5.74, 6) is -0.493. The zero-order chi connectivity index (χ0) is 15.4. The molecule has 2 aromatic rings. The van der Waals surface area contributed by atoms with Gasteiger partial charge in [-0.3, -0.25) is 4.79 Å². The van der Waals surface area contributed by atoms with Gasteiger partial charge in [-0.2, -0.15) is 0 Å². The van der Waals surface area contributed by atoms with Crippen LogP contribution in [0.1, 0.15) is 22.8 Å². The quantitative estimate of drug-likeness (QED) is 0.837. The van der Waals surface area contributed by atoms with E-state index in [1.165, 1.54) is 12.1 Å². The Morgan fingerprint density at radius 3 is 2.62 bits per heavy atom. The van der Waals surface area contributed by atoms with Gasteiger partial charge in [0.2, 0.25) is 0 Å². The van der Waals surface area contributed by atoms with Crippen LogP contribution in [0.15, 0.2) is 46.9 Å². The second kappa shape index (κ2) is 7.05. The summed E-state index contributed by atoms with van der Waals surface area (Å²) < 4.78 is 13.6. The molecule has 0 aliphatic rings. The highest BCUT2D eigenvalue weighted by Gasteiger charge is 2.14. The van der Waals surface area contributed by atoms with E-state index >= 15 is 0 Å². The fourth-order valence-corrected chi connectivity index (χ4v) is 2.56. The fourth-order valence-electron chi connectivity index (χ4n) is 2.00. The van der Waals surface area contributed by atoms with Crippen molar-refractivity contribution in [3.05, 3.63) is 68.9 Å². The zero-order valence-electron chi connectivity index (χ0n) is 11.4. The standard InChI is InChI=1S/C16H14BrClFNO/c1-10(8-11-2-5-13(19)6-3-11)20-16(21)14-9-12(17)4-7-15(14)18/h2-7,9-10H,8H2,1H3,(H,20,21). The molecule has 0 saturated heterocycles. The molecule has 1 unspecified atom stereocenters. The smallest absolute Gasteiger partial charge is 0.253 e. The predicted molar refractivity (Wildman–Crippen MR) is 86.2 cm³/mol. The molecule has 21 heavy (non-hydrogen) atoms. The van der Waals surface area contributed by atoms with Gasteiger partial charge >= 0.3 is 0 Å². The minimum Gasteiger partial charge on any atom is -0.349 e. The molecule has 1 amide bonds. The summed E-state index contributed by atoms with van der Waals surface area (Å²) in [6.45, 7) is 1.90. The Morgan fingerprint density at radius 2 is 1.95 bits per heavy atom. The van der Waals surface area contributed by atoms with Crippen molar-refractivity contribution >= 4 is 33.4 Å². The number of carbonyl (C=O) groups excluding carboxylic acids is 1. The van der Waals surface area contributed by atoms with E-state index in [4.69, 9.17) is 11.6 Å². The van der Waals surface area contributed by atoms with Crippen LogP contribution in [0.25, 0.3) is 0 Å². The van der Waals surface area contributed by atoms with Gasteiger partial charge in [-0.15, -0.1) is 0 Å². The Bertz CT molecular complexity index is 645. The number of hydrogen-bond acceptors (Lipinski definition) is 1. The molecule has 110 valence electrons. The Hall–Kier alpha value is -1.39. The summed E-state index contributed by atoms with van der Waals surface area (Å²) in [7, 11) is 0. The van der Waals surface area contributed by atoms with Gasteiger partial charge in [0.15, 0.2) is 0 Å². The largest absolute Gasteiger partial charge is 0.349 e. The van der Waals surface area contributed by atoms with Crippen LogP contribution in [0.2, 0.25) is 5.02 Å². The van der Waals surface area contributed by atoms with Crippen molar-refractivity contribution in [1.82, 2.24) is 5.32 Å². The third-order valence-corrected chi connectivity index (χ3v) is 3.83. The first-order valence-corrected chi connectivity index (χ1v) is 7.63. The molecule has 0 bridgehead atoms. The van der Waals surface area contributed by atoms with Crippen LogP contribution in [0.5, 0.6) is 0 Å². The molecular formula is C16H14BrClFNO. The van der Waals surface area contributed by atoms with Crippen molar-refractivity contribution in [2.45, 2.75) is 19.4 Å². The lowest BCUT2D eigenvalue weighted by Crippen LogP contribution is -2.34. The van der Waals surface area contributed by atoms with Crippen molar-refractivity contribution in [3.63, 3.8) is 0 Å². The zero-order valence-corrected chi connectivity index (χ0v) is 13.7. The molecule has 1 atom stereocenters. The van der Waals surface area contributed by atoms with Crippen LogP contribution in [0, 0.1) is 5.82 Å². The maximum Gasteiger partial charge on any atom is 0.253 e. The molecule has 2 rings (SSSR count). The van der Waals surface area contributed by atoms with Crippen molar-refractivity contribution in [1.29, 1.82) is 0 Å². The molecule has 0 aliphatic carbocycles. The van der Waals surface area contributed by atoms with Gasteiger partial charge in [0.05, 0.1) is 10.6 Å².